The van der Waals surface area contributed by atoms with Gasteiger partial charge in [-0.05, 0) is 23.8 Å². The smallest absolute Gasteiger partial charge is 0.368 e. The van der Waals surface area contributed by atoms with E-state index < -0.39 is 28.7 Å². The van der Waals surface area contributed by atoms with Crippen LogP contribution in [0.4, 0.5) is 17.6 Å². The van der Waals surface area contributed by atoms with Gasteiger partial charge in [-0.3, -0.25) is 4.79 Å². The maximum absolute atomic E-state index is 12.9. The lowest BCUT2D eigenvalue weighted by atomic mass is 10.1. The number of benzene rings is 1. The van der Waals surface area contributed by atoms with Gasteiger partial charge in [-0.25, -0.2) is 9.37 Å². The Balaban J connectivity index is 2.31. The van der Waals surface area contributed by atoms with E-state index in [4.69, 9.17) is 17.3 Å². The number of alkyl halides is 3. The summed E-state index contributed by atoms with van der Waals surface area (Å²) in [5.41, 5.74) is 4.69. The standard InChI is InChI=1S/C14H9ClF4N2OS/c15-10-5-8(14(17,18)19)6-21-13(10)23-11(12(20)22)7-1-3-9(16)4-2-7/h1-6,11H,(H2,20,22)/t11-/m1/s1. The molecule has 23 heavy (non-hydrogen) atoms. The number of hydrogen-bond donors (Lipinski definition) is 1. The summed E-state index contributed by atoms with van der Waals surface area (Å²) in [5, 5.41) is -1.19. The van der Waals surface area contributed by atoms with E-state index in [0.29, 0.717) is 11.8 Å². The molecule has 1 heterocycles. The molecule has 0 aliphatic carbocycles. The second kappa shape index (κ2) is 6.76. The average Bonchev–Trinajstić information content (AvgIpc) is 2.46. The Labute approximate surface area is 137 Å². The lowest BCUT2D eigenvalue weighted by Gasteiger charge is -2.14. The number of thioether (sulfide) groups is 1. The number of hydrogen-bond acceptors (Lipinski definition) is 3. The first-order valence-corrected chi connectivity index (χ1v) is 7.38. The molecular weight excluding hydrogens is 356 g/mol. The van der Waals surface area contributed by atoms with Crippen molar-refractivity contribution >= 4 is 29.3 Å². The molecule has 1 amide bonds. The van der Waals surface area contributed by atoms with Crippen molar-refractivity contribution in [3.8, 4) is 0 Å². The number of aromatic nitrogens is 1. The zero-order valence-electron chi connectivity index (χ0n) is 11.3. The SMILES string of the molecule is NC(=O)[C@H](Sc1ncc(C(F)(F)F)cc1Cl)c1ccc(F)cc1. The number of halogens is 5. The van der Waals surface area contributed by atoms with Gasteiger partial charge in [0.15, 0.2) is 0 Å². The zero-order valence-corrected chi connectivity index (χ0v) is 12.8. The molecule has 2 aromatic rings. The van der Waals surface area contributed by atoms with Crippen LogP contribution >= 0.6 is 23.4 Å². The highest BCUT2D eigenvalue weighted by molar-refractivity contribution is 8.00. The van der Waals surface area contributed by atoms with Crippen molar-refractivity contribution in [2.24, 2.45) is 5.73 Å². The normalized spacial score (nSPS) is 12.9. The highest BCUT2D eigenvalue weighted by atomic mass is 35.5. The van der Waals surface area contributed by atoms with Crippen molar-refractivity contribution in [2.75, 3.05) is 0 Å². The predicted octanol–water partition coefficient (Wildman–Crippen LogP) is 4.21. The summed E-state index contributed by atoms with van der Waals surface area (Å²) in [4.78, 5) is 15.2. The van der Waals surface area contributed by atoms with Crippen LogP contribution in [0.5, 0.6) is 0 Å². The van der Waals surface area contributed by atoms with Gasteiger partial charge in [0.25, 0.3) is 0 Å². The molecule has 0 aliphatic rings. The minimum absolute atomic E-state index is 0.0211. The molecule has 1 aromatic heterocycles. The molecule has 0 saturated carbocycles. The molecule has 0 radical (unpaired) electrons. The fraction of sp³-hybridized carbons (Fsp3) is 0.143. The number of nitrogens with zero attached hydrogens (tertiary/aromatic N) is 1. The number of rotatable bonds is 4. The van der Waals surface area contributed by atoms with Crippen molar-refractivity contribution < 1.29 is 22.4 Å². The van der Waals surface area contributed by atoms with Crippen LogP contribution in [-0.2, 0) is 11.0 Å². The van der Waals surface area contributed by atoms with Crippen LogP contribution in [0.2, 0.25) is 5.02 Å². The minimum Gasteiger partial charge on any atom is -0.368 e. The molecule has 122 valence electrons. The highest BCUT2D eigenvalue weighted by Gasteiger charge is 2.32. The third kappa shape index (κ3) is 4.35. The molecule has 0 bridgehead atoms. The van der Waals surface area contributed by atoms with Crippen molar-refractivity contribution in [1.82, 2.24) is 4.98 Å². The third-order valence-electron chi connectivity index (χ3n) is 2.80. The van der Waals surface area contributed by atoms with Gasteiger partial charge >= 0.3 is 6.18 Å². The van der Waals surface area contributed by atoms with Crippen LogP contribution in [0.25, 0.3) is 0 Å². The molecule has 2 rings (SSSR count). The van der Waals surface area contributed by atoms with Crippen LogP contribution in [0.1, 0.15) is 16.4 Å². The predicted molar refractivity (Wildman–Crippen MR) is 78.4 cm³/mol. The molecule has 9 heteroatoms. The Bertz CT molecular complexity index is 722. The summed E-state index contributed by atoms with van der Waals surface area (Å²) >= 11 is 6.60. The highest BCUT2D eigenvalue weighted by Crippen LogP contribution is 2.39. The van der Waals surface area contributed by atoms with Crippen LogP contribution < -0.4 is 5.73 Å². The van der Waals surface area contributed by atoms with E-state index in [-0.39, 0.29) is 10.0 Å². The quantitative estimate of drug-likeness (QED) is 0.653. The molecule has 1 aromatic carbocycles. The molecular formula is C14H9ClF4N2OS. The van der Waals surface area contributed by atoms with E-state index in [0.717, 1.165) is 30.0 Å². The fourth-order valence-corrected chi connectivity index (χ4v) is 2.92. The molecule has 0 aliphatic heterocycles. The van der Waals surface area contributed by atoms with Gasteiger partial charge in [0, 0.05) is 6.20 Å². The second-order valence-corrected chi connectivity index (χ2v) is 5.96. The van der Waals surface area contributed by atoms with Crippen molar-refractivity contribution in [3.63, 3.8) is 0 Å². The average molecular weight is 365 g/mol. The summed E-state index contributed by atoms with van der Waals surface area (Å²) in [6.45, 7) is 0. The van der Waals surface area contributed by atoms with E-state index in [2.05, 4.69) is 4.98 Å². The van der Waals surface area contributed by atoms with Crippen molar-refractivity contribution in [2.45, 2.75) is 16.5 Å². The number of carbonyl (C=O) groups is 1. The maximum atomic E-state index is 12.9. The largest absolute Gasteiger partial charge is 0.417 e. The first-order chi connectivity index (χ1) is 10.7. The number of amides is 1. The summed E-state index contributed by atoms with van der Waals surface area (Å²) in [7, 11) is 0. The fourth-order valence-electron chi connectivity index (χ4n) is 1.71. The van der Waals surface area contributed by atoms with Gasteiger partial charge in [-0.2, -0.15) is 13.2 Å². The molecule has 2 N–H and O–H groups in total. The lowest BCUT2D eigenvalue weighted by Crippen LogP contribution is -2.19. The van der Waals surface area contributed by atoms with Gasteiger partial charge in [0.05, 0.1) is 10.6 Å². The van der Waals surface area contributed by atoms with Crippen LogP contribution in [-0.4, -0.2) is 10.9 Å². The lowest BCUT2D eigenvalue weighted by molar-refractivity contribution is -0.137. The summed E-state index contributed by atoms with van der Waals surface area (Å²) in [6.07, 6.45) is -3.95. The molecule has 3 nitrogen and oxygen atoms in total. The number of primary amides is 1. The van der Waals surface area contributed by atoms with Gasteiger partial charge in [0.2, 0.25) is 5.91 Å². The van der Waals surface area contributed by atoms with Crippen molar-refractivity contribution in [1.29, 1.82) is 0 Å². The molecule has 1 atom stereocenters. The Morgan fingerprint density at radius 3 is 2.35 bits per heavy atom. The van der Waals surface area contributed by atoms with E-state index in [9.17, 15) is 22.4 Å². The second-order valence-electron chi connectivity index (χ2n) is 4.46. The number of pyridine rings is 1. The first kappa shape index (κ1) is 17.6. The van der Waals surface area contributed by atoms with Gasteiger partial charge in [0.1, 0.15) is 16.1 Å². The molecule has 0 fully saturated rings. The van der Waals surface area contributed by atoms with Crippen LogP contribution in [0.15, 0.2) is 41.6 Å². The Morgan fingerprint density at radius 1 is 1.26 bits per heavy atom. The number of carbonyl (C=O) groups excluding carboxylic acids is 1. The summed E-state index contributed by atoms with van der Waals surface area (Å²) in [5.74, 6) is -1.24. The van der Waals surface area contributed by atoms with E-state index in [1.54, 1.807) is 0 Å². The first-order valence-electron chi connectivity index (χ1n) is 6.12. The van der Waals surface area contributed by atoms with Gasteiger partial charge < -0.3 is 5.73 Å². The Hall–Kier alpha value is -1.80. The third-order valence-corrected chi connectivity index (χ3v) is 4.48. The van der Waals surface area contributed by atoms with Gasteiger partial charge in [-0.15, -0.1) is 0 Å². The van der Waals surface area contributed by atoms with E-state index in [1.807, 2.05) is 0 Å². The van der Waals surface area contributed by atoms with E-state index in [1.165, 1.54) is 12.1 Å². The van der Waals surface area contributed by atoms with Crippen molar-refractivity contribution in [3.05, 3.63) is 58.5 Å². The number of nitrogens with two attached hydrogens (primary N) is 1. The van der Waals surface area contributed by atoms with Gasteiger partial charge in [-0.1, -0.05) is 35.5 Å². The summed E-state index contributed by atoms with van der Waals surface area (Å²) < 4.78 is 50.7. The monoisotopic (exact) mass is 364 g/mol. The Morgan fingerprint density at radius 2 is 1.87 bits per heavy atom. The molecule has 0 spiro atoms. The molecule has 0 unspecified atom stereocenters. The van der Waals surface area contributed by atoms with Crippen LogP contribution in [0, 0.1) is 5.82 Å². The maximum Gasteiger partial charge on any atom is 0.417 e. The minimum atomic E-state index is -4.57. The Kier molecular flexibility index (Phi) is 5.16. The van der Waals surface area contributed by atoms with Crippen LogP contribution in [0.3, 0.4) is 0 Å². The van der Waals surface area contributed by atoms with E-state index >= 15 is 0 Å². The topological polar surface area (TPSA) is 56.0 Å². The summed E-state index contributed by atoms with van der Waals surface area (Å²) in [6, 6.07) is 5.73. The zero-order chi connectivity index (χ0) is 17.2. The molecule has 0 saturated heterocycles.